The highest BCUT2D eigenvalue weighted by atomic mass is 16.4. The first-order valence-corrected chi connectivity index (χ1v) is 3.23. The number of carbonyl (C=O) groups is 1. The third kappa shape index (κ3) is 1.04. The molecule has 0 radical (unpaired) electrons. The minimum atomic E-state index is -0.795. The monoisotopic (exact) mass is 141 g/mol. The van der Waals surface area contributed by atoms with Crippen LogP contribution in [0.1, 0.15) is 13.3 Å². The van der Waals surface area contributed by atoms with Crippen LogP contribution in [0.15, 0.2) is 12.2 Å². The third-order valence-corrected chi connectivity index (χ3v) is 1.86. The molecule has 0 bridgehead atoms. The van der Waals surface area contributed by atoms with E-state index in [4.69, 9.17) is 10.8 Å². The number of hydrogen-bond acceptors (Lipinski definition) is 2. The van der Waals surface area contributed by atoms with E-state index in [-0.39, 0.29) is 6.04 Å². The molecule has 3 heteroatoms. The molecule has 0 aromatic heterocycles. The summed E-state index contributed by atoms with van der Waals surface area (Å²) >= 11 is 0. The number of nitrogens with two attached hydrogens (primary N) is 1. The Balaban J connectivity index is 2.75. The molecule has 0 saturated heterocycles. The summed E-state index contributed by atoms with van der Waals surface area (Å²) in [5.74, 6) is -0.795. The highest BCUT2D eigenvalue weighted by Crippen LogP contribution is 2.30. The minimum Gasteiger partial charge on any atom is -0.481 e. The maximum absolute atomic E-state index is 10.6. The van der Waals surface area contributed by atoms with Crippen LogP contribution in [0.4, 0.5) is 0 Å². The predicted octanol–water partition coefficient (Wildman–Crippen LogP) is 0.365. The summed E-state index contributed by atoms with van der Waals surface area (Å²) in [5.41, 5.74) is 4.78. The van der Waals surface area contributed by atoms with E-state index in [0.29, 0.717) is 6.42 Å². The van der Waals surface area contributed by atoms with Crippen molar-refractivity contribution in [2.24, 2.45) is 11.1 Å². The molecule has 3 nitrogen and oxygen atoms in total. The smallest absolute Gasteiger partial charge is 0.313 e. The summed E-state index contributed by atoms with van der Waals surface area (Å²) in [4.78, 5) is 10.6. The maximum Gasteiger partial charge on any atom is 0.313 e. The Morgan fingerprint density at radius 2 is 2.50 bits per heavy atom. The van der Waals surface area contributed by atoms with E-state index < -0.39 is 11.4 Å². The summed E-state index contributed by atoms with van der Waals surface area (Å²) < 4.78 is 0. The van der Waals surface area contributed by atoms with E-state index in [9.17, 15) is 4.79 Å². The Labute approximate surface area is 59.5 Å². The lowest BCUT2D eigenvalue weighted by atomic mass is 9.90. The van der Waals surface area contributed by atoms with Crippen LogP contribution in [0.5, 0.6) is 0 Å². The Hall–Kier alpha value is -0.830. The number of carboxylic acid groups (broad SMARTS) is 1. The van der Waals surface area contributed by atoms with Crippen molar-refractivity contribution in [3.8, 4) is 0 Å². The lowest BCUT2D eigenvalue weighted by Gasteiger charge is -2.15. The number of rotatable bonds is 1. The van der Waals surface area contributed by atoms with Crippen LogP contribution in [0.3, 0.4) is 0 Å². The largest absolute Gasteiger partial charge is 0.481 e. The van der Waals surface area contributed by atoms with Crippen LogP contribution < -0.4 is 5.73 Å². The van der Waals surface area contributed by atoms with Gasteiger partial charge in [-0.3, -0.25) is 4.79 Å². The average Bonchev–Trinajstić information content (AvgIpc) is 2.13. The topological polar surface area (TPSA) is 63.3 Å². The standard InChI is InChI=1S/C7H11NO2/c1-7(6(9)10)3-2-5(8)4-7/h2-3,5H,4,8H2,1H3,(H,9,10)/t5-,7+/m1/s1. The van der Waals surface area contributed by atoms with Crippen molar-refractivity contribution >= 4 is 5.97 Å². The zero-order valence-electron chi connectivity index (χ0n) is 5.87. The van der Waals surface area contributed by atoms with E-state index in [2.05, 4.69) is 0 Å². The molecule has 0 fully saturated rings. The van der Waals surface area contributed by atoms with Crippen LogP contribution >= 0.6 is 0 Å². The van der Waals surface area contributed by atoms with Crippen molar-refractivity contribution in [1.82, 2.24) is 0 Å². The van der Waals surface area contributed by atoms with Gasteiger partial charge in [0.1, 0.15) is 0 Å². The predicted molar refractivity (Wildman–Crippen MR) is 37.5 cm³/mol. The van der Waals surface area contributed by atoms with Crippen LogP contribution in [-0.4, -0.2) is 17.1 Å². The van der Waals surface area contributed by atoms with E-state index in [1.807, 2.05) is 0 Å². The van der Waals surface area contributed by atoms with Crippen molar-refractivity contribution in [3.05, 3.63) is 12.2 Å². The van der Waals surface area contributed by atoms with E-state index in [0.717, 1.165) is 0 Å². The maximum atomic E-state index is 10.6. The number of carboxylic acids is 1. The summed E-state index contributed by atoms with van der Waals surface area (Å²) in [6.07, 6.45) is 3.93. The van der Waals surface area contributed by atoms with Gasteiger partial charge in [0.15, 0.2) is 0 Å². The van der Waals surface area contributed by atoms with Gasteiger partial charge in [-0.2, -0.15) is 0 Å². The zero-order valence-corrected chi connectivity index (χ0v) is 5.87. The van der Waals surface area contributed by atoms with E-state index >= 15 is 0 Å². The van der Waals surface area contributed by atoms with Gasteiger partial charge < -0.3 is 10.8 Å². The van der Waals surface area contributed by atoms with Crippen molar-refractivity contribution in [1.29, 1.82) is 0 Å². The Bertz CT molecular complexity index is 188. The Morgan fingerprint density at radius 3 is 2.70 bits per heavy atom. The minimum absolute atomic E-state index is 0.0823. The first-order valence-electron chi connectivity index (χ1n) is 3.23. The molecule has 10 heavy (non-hydrogen) atoms. The second-order valence-electron chi connectivity index (χ2n) is 2.95. The molecule has 0 saturated carbocycles. The van der Waals surface area contributed by atoms with Crippen LogP contribution in [0, 0.1) is 5.41 Å². The van der Waals surface area contributed by atoms with Gasteiger partial charge in [0.05, 0.1) is 5.41 Å². The van der Waals surface area contributed by atoms with Crippen molar-refractivity contribution < 1.29 is 9.90 Å². The fraction of sp³-hybridized carbons (Fsp3) is 0.571. The molecule has 0 amide bonds. The summed E-state index contributed by atoms with van der Waals surface area (Å²) in [7, 11) is 0. The van der Waals surface area contributed by atoms with Gasteiger partial charge in [0.25, 0.3) is 0 Å². The molecule has 56 valence electrons. The van der Waals surface area contributed by atoms with Gasteiger partial charge in [0, 0.05) is 6.04 Å². The Morgan fingerprint density at radius 1 is 1.90 bits per heavy atom. The lowest BCUT2D eigenvalue weighted by molar-refractivity contribution is -0.145. The molecule has 0 unspecified atom stereocenters. The second-order valence-corrected chi connectivity index (χ2v) is 2.95. The molecule has 0 spiro atoms. The van der Waals surface area contributed by atoms with E-state index in [1.54, 1.807) is 19.1 Å². The molecule has 0 aromatic rings. The second kappa shape index (κ2) is 2.09. The first-order chi connectivity index (χ1) is 4.54. The highest BCUT2D eigenvalue weighted by Gasteiger charge is 2.35. The molecule has 0 aromatic carbocycles. The molecular weight excluding hydrogens is 130 g/mol. The third-order valence-electron chi connectivity index (χ3n) is 1.86. The van der Waals surface area contributed by atoms with Crippen molar-refractivity contribution in [2.75, 3.05) is 0 Å². The summed E-state index contributed by atoms with van der Waals surface area (Å²) in [6.45, 7) is 1.68. The molecule has 1 rings (SSSR count). The van der Waals surface area contributed by atoms with Gasteiger partial charge in [0.2, 0.25) is 0 Å². The summed E-state index contributed by atoms with van der Waals surface area (Å²) in [5, 5.41) is 8.68. The fourth-order valence-electron chi connectivity index (χ4n) is 1.12. The van der Waals surface area contributed by atoms with Crippen molar-refractivity contribution in [2.45, 2.75) is 19.4 Å². The van der Waals surface area contributed by atoms with Gasteiger partial charge in [-0.05, 0) is 13.3 Å². The molecule has 1 aliphatic carbocycles. The molecule has 1 aliphatic rings. The number of hydrogen-bond donors (Lipinski definition) is 2. The molecule has 3 N–H and O–H groups in total. The zero-order chi connectivity index (χ0) is 7.78. The van der Waals surface area contributed by atoms with Gasteiger partial charge in [-0.15, -0.1) is 0 Å². The van der Waals surface area contributed by atoms with Crippen LogP contribution in [-0.2, 0) is 4.79 Å². The highest BCUT2D eigenvalue weighted by molar-refractivity contribution is 5.77. The van der Waals surface area contributed by atoms with Crippen molar-refractivity contribution in [3.63, 3.8) is 0 Å². The Kier molecular flexibility index (Phi) is 1.52. The normalized spacial score (nSPS) is 38.4. The van der Waals surface area contributed by atoms with Gasteiger partial charge in [-0.1, -0.05) is 12.2 Å². The van der Waals surface area contributed by atoms with Gasteiger partial charge >= 0.3 is 5.97 Å². The molecule has 2 atom stereocenters. The average molecular weight is 141 g/mol. The molecule has 0 aliphatic heterocycles. The van der Waals surface area contributed by atoms with Crippen LogP contribution in [0.2, 0.25) is 0 Å². The fourth-order valence-corrected chi connectivity index (χ4v) is 1.12. The quantitative estimate of drug-likeness (QED) is 0.518. The summed E-state index contributed by atoms with van der Waals surface area (Å²) in [6, 6.07) is -0.0823. The van der Waals surface area contributed by atoms with Crippen LogP contribution in [0.25, 0.3) is 0 Å². The lowest BCUT2D eigenvalue weighted by Crippen LogP contribution is -2.27. The first kappa shape index (κ1) is 7.28. The molecule has 0 heterocycles. The molecular formula is C7H11NO2. The van der Waals surface area contributed by atoms with E-state index in [1.165, 1.54) is 0 Å². The SMILES string of the molecule is C[C@]1(C(=O)O)C=C[C@@H](N)C1. The van der Waals surface area contributed by atoms with Gasteiger partial charge in [-0.25, -0.2) is 0 Å². The number of aliphatic carboxylic acids is 1.